The van der Waals surface area contributed by atoms with Crippen LogP contribution >= 0.6 is 11.3 Å². The van der Waals surface area contributed by atoms with Crippen LogP contribution in [0, 0.1) is 0 Å². The third kappa shape index (κ3) is 3.57. The molecule has 0 N–H and O–H groups in total. The average Bonchev–Trinajstić information content (AvgIpc) is 3.24. The summed E-state index contributed by atoms with van der Waals surface area (Å²) >= 11 is 1.69. The summed E-state index contributed by atoms with van der Waals surface area (Å²) in [5.41, 5.74) is 0. The van der Waals surface area contributed by atoms with E-state index in [1.807, 2.05) is 29.8 Å². The van der Waals surface area contributed by atoms with Crippen LogP contribution in [0.25, 0.3) is 0 Å². The predicted molar refractivity (Wildman–Crippen MR) is 85.2 cm³/mol. The molecule has 2 aliphatic rings. The van der Waals surface area contributed by atoms with Gasteiger partial charge >= 0.3 is 0 Å². The van der Waals surface area contributed by atoms with Gasteiger partial charge in [-0.1, -0.05) is 0 Å². The fourth-order valence-electron chi connectivity index (χ4n) is 2.70. The van der Waals surface area contributed by atoms with E-state index in [9.17, 15) is 0 Å². The molecule has 0 saturated carbocycles. The predicted octanol–water partition coefficient (Wildman–Crippen LogP) is 2.15. The Morgan fingerprint density at radius 1 is 1.30 bits per heavy atom. The molecule has 0 aliphatic carbocycles. The number of thiazole rings is 1. The number of nitrogens with zero attached hydrogens (tertiary/aromatic N) is 2. The fourth-order valence-corrected chi connectivity index (χ4v) is 3.36. The van der Waals surface area contributed by atoms with E-state index in [1.165, 1.54) is 0 Å². The maximum absolute atomic E-state index is 5.85. The molecule has 1 unspecified atom stereocenters. The van der Waals surface area contributed by atoms with Crippen molar-refractivity contribution in [2.45, 2.75) is 12.6 Å². The largest absolute Gasteiger partial charge is 0.491 e. The first-order valence-corrected chi connectivity index (χ1v) is 8.49. The van der Waals surface area contributed by atoms with Gasteiger partial charge < -0.3 is 18.9 Å². The maximum atomic E-state index is 5.85. The van der Waals surface area contributed by atoms with E-state index >= 15 is 0 Å². The lowest BCUT2D eigenvalue weighted by molar-refractivity contribution is -0.0504. The van der Waals surface area contributed by atoms with Gasteiger partial charge in [0.25, 0.3) is 0 Å². The molecule has 0 radical (unpaired) electrons. The highest BCUT2D eigenvalue weighted by Crippen LogP contribution is 2.35. The number of benzene rings is 1. The van der Waals surface area contributed by atoms with Gasteiger partial charge in [-0.15, -0.1) is 11.3 Å². The Hall–Kier alpha value is -1.83. The van der Waals surface area contributed by atoms with Crippen molar-refractivity contribution in [3.8, 4) is 17.2 Å². The molecule has 0 amide bonds. The Morgan fingerprint density at radius 3 is 3.17 bits per heavy atom. The second kappa shape index (κ2) is 6.74. The molecule has 1 aromatic carbocycles. The molecular formula is C16H18N2O4S. The Kier molecular flexibility index (Phi) is 4.32. The van der Waals surface area contributed by atoms with Crippen molar-refractivity contribution in [1.29, 1.82) is 0 Å². The van der Waals surface area contributed by atoms with Gasteiger partial charge in [0, 0.05) is 30.7 Å². The van der Waals surface area contributed by atoms with Crippen LogP contribution in [0.2, 0.25) is 0 Å². The lowest BCUT2D eigenvalue weighted by Gasteiger charge is -2.32. The summed E-state index contributed by atoms with van der Waals surface area (Å²) in [5, 5.41) is 3.15. The molecular weight excluding hydrogens is 316 g/mol. The van der Waals surface area contributed by atoms with Gasteiger partial charge in [0.05, 0.1) is 13.2 Å². The summed E-state index contributed by atoms with van der Waals surface area (Å²) in [6.45, 7) is 4.18. The van der Waals surface area contributed by atoms with Crippen LogP contribution in [0.1, 0.15) is 5.01 Å². The van der Waals surface area contributed by atoms with E-state index in [0.29, 0.717) is 6.61 Å². The molecule has 2 aliphatic heterocycles. The molecule has 23 heavy (non-hydrogen) atoms. The minimum Gasteiger partial charge on any atom is -0.491 e. The van der Waals surface area contributed by atoms with Gasteiger partial charge in [0.2, 0.25) is 6.79 Å². The number of ether oxygens (including phenoxy) is 4. The SMILES string of the molecule is c1csc(CN2CCOC(COc3ccc4c(c3)OCO4)C2)n1. The monoisotopic (exact) mass is 334 g/mol. The van der Waals surface area contributed by atoms with Crippen LogP contribution in [0.15, 0.2) is 29.8 Å². The molecule has 1 atom stereocenters. The standard InChI is InChI=1S/C16H18N2O4S/c1-2-14-15(22-11-21-14)7-12(1)20-10-13-8-18(4-5-19-13)9-16-17-3-6-23-16/h1-3,6-7,13H,4-5,8-11H2. The van der Waals surface area contributed by atoms with E-state index in [1.54, 1.807) is 11.3 Å². The van der Waals surface area contributed by atoms with Crippen molar-refractivity contribution in [3.05, 3.63) is 34.8 Å². The summed E-state index contributed by atoms with van der Waals surface area (Å²) in [6, 6.07) is 5.62. The number of fused-ring (bicyclic) bond motifs is 1. The van der Waals surface area contributed by atoms with E-state index in [0.717, 1.165) is 48.5 Å². The topological polar surface area (TPSA) is 53.1 Å². The van der Waals surface area contributed by atoms with E-state index in [-0.39, 0.29) is 12.9 Å². The van der Waals surface area contributed by atoms with Crippen LogP contribution in [0.3, 0.4) is 0 Å². The first-order valence-electron chi connectivity index (χ1n) is 7.61. The molecule has 0 bridgehead atoms. The number of hydrogen-bond acceptors (Lipinski definition) is 7. The smallest absolute Gasteiger partial charge is 0.231 e. The molecule has 1 fully saturated rings. The summed E-state index contributed by atoms with van der Waals surface area (Å²) in [5.74, 6) is 2.27. The lowest BCUT2D eigenvalue weighted by Crippen LogP contribution is -2.44. The number of hydrogen-bond donors (Lipinski definition) is 0. The fraction of sp³-hybridized carbons (Fsp3) is 0.438. The molecule has 0 spiro atoms. The highest BCUT2D eigenvalue weighted by molar-refractivity contribution is 7.09. The Bertz CT molecular complexity index is 650. The quantitative estimate of drug-likeness (QED) is 0.835. The van der Waals surface area contributed by atoms with Gasteiger partial charge in [-0.3, -0.25) is 4.90 Å². The highest BCUT2D eigenvalue weighted by Gasteiger charge is 2.22. The van der Waals surface area contributed by atoms with Crippen LogP contribution in [0.4, 0.5) is 0 Å². The van der Waals surface area contributed by atoms with Crippen molar-refractivity contribution >= 4 is 11.3 Å². The molecule has 7 heteroatoms. The highest BCUT2D eigenvalue weighted by atomic mass is 32.1. The van der Waals surface area contributed by atoms with Crippen LogP contribution < -0.4 is 14.2 Å². The van der Waals surface area contributed by atoms with Crippen LogP contribution in [-0.2, 0) is 11.3 Å². The Labute approximate surface area is 138 Å². The minimum atomic E-state index is 0.0640. The Balaban J connectivity index is 1.30. The minimum absolute atomic E-state index is 0.0640. The van der Waals surface area contributed by atoms with Crippen molar-refractivity contribution in [2.24, 2.45) is 0 Å². The number of morpholine rings is 1. The van der Waals surface area contributed by atoms with Crippen molar-refractivity contribution < 1.29 is 18.9 Å². The van der Waals surface area contributed by atoms with Crippen molar-refractivity contribution in [1.82, 2.24) is 9.88 Å². The zero-order valence-corrected chi connectivity index (χ0v) is 13.5. The number of aromatic nitrogens is 1. The normalized spacial score (nSPS) is 20.6. The molecule has 2 aromatic rings. The third-order valence-electron chi connectivity index (χ3n) is 3.85. The molecule has 6 nitrogen and oxygen atoms in total. The van der Waals surface area contributed by atoms with Gasteiger partial charge in [-0.25, -0.2) is 4.98 Å². The molecule has 4 rings (SSSR count). The van der Waals surface area contributed by atoms with Crippen molar-refractivity contribution in [3.63, 3.8) is 0 Å². The summed E-state index contributed by atoms with van der Waals surface area (Å²) < 4.78 is 22.3. The molecule has 122 valence electrons. The summed E-state index contributed by atoms with van der Waals surface area (Å²) in [4.78, 5) is 6.70. The molecule has 1 saturated heterocycles. The van der Waals surface area contributed by atoms with Gasteiger partial charge in [0.1, 0.15) is 23.5 Å². The second-order valence-corrected chi connectivity index (χ2v) is 6.46. The average molecular weight is 334 g/mol. The van der Waals surface area contributed by atoms with Gasteiger partial charge in [0.15, 0.2) is 11.5 Å². The zero-order chi connectivity index (χ0) is 15.5. The molecule has 1 aromatic heterocycles. The van der Waals surface area contributed by atoms with E-state index in [2.05, 4.69) is 9.88 Å². The van der Waals surface area contributed by atoms with E-state index < -0.39 is 0 Å². The summed E-state index contributed by atoms with van der Waals surface area (Å²) in [6.07, 6.45) is 1.91. The first-order chi connectivity index (χ1) is 11.4. The zero-order valence-electron chi connectivity index (χ0n) is 12.6. The van der Waals surface area contributed by atoms with E-state index in [4.69, 9.17) is 18.9 Å². The summed E-state index contributed by atoms with van der Waals surface area (Å²) in [7, 11) is 0. The van der Waals surface area contributed by atoms with Gasteiger partial charge in [-0.05, 0) is 12.1 Å². The second-order valence-electron chi connectivity index (χ2n) is 5.48. The van der Waals surface area contributed by atoms with Gasteiger partial charge in [-0.2, -0.15) is 0 Å². The number of rotatable bonds is 5. The van der Waals surface area contributed by atoms with Crippen LogP contribution in [-0.4, -0.2) is 49.1 Å². The third-order valence-corrected chi connectivity index (χ3v) is 4.61. The first kappa shape index (κ1) is 14.7. The molecule has 3 heterocycles. The lowest BCUT2D eigenvalue weighted by atomic mass is 10.2. The maximum Gasteiger partial charge on any atom is 0.231 e. The van der Waals surface area contributed by atoms with Crippen LogP contribution in [0.5, 0.6) is 17.2 Å². The van der Waals surface area contributed by atoms with Crippen molar-refractivity contribution in [2.75, 3.05) is 33.1 Å². The Morgan fingerprint density at radius 2 is 2.26 bits per heavy atom.